The van der Waals surface area contributed by atoms with E-state index in [0.717, 1.165) is 16.9 Å². The van der Waals surface area contributed by atoms with Crippen LogP contribution in [0.4, 0.5) is 17.1 Å². The molecule has 8 nitrogen and oxygen atoms in total. The lowest BCUT2D eigenvalue weighted by Gasteiger charge is -2.17. The predicted molar refractivity (Wildman–Crippen MR) is 97.3 cm³/mol. The van der Waals surface area contributed by atoms with E-state index in [1.54, 1.807) is 30.3 Å². The second kappa shape index (κ2) is 7.64. The van der Waals surface area contributed by atoms with Crippen LogP contribution in [0.5, 0.6) is 0 Å². The van der Waals surface area contributed by atoms with E-state index in [1.165, 1.54) is 12.1 Å². The largest absolute Gasteiger partial charge is 0.383 e. The first kappa shape index (κ1) is 17.4. The molecule has 0 radical (unpaired) electrons. The summed E-state index contributed by atoms with van der Waals surface area (Å²) in [6, 6.07) is 11.3. The number of anilines is 2. The van der Waals surface area contributed by atoms with Crippen molar-refractivity contribution in [2.24, 2.45) is 0 Å². The number of rotatable bonds is 6. The van der Waals surface area contributed by atoms with Gasteiger partial charge in [-0.05, 0) is 42.3 Å². The van der Waals surface area contributed by atoms with E-state index in [4.69, 9.17) is 0 Å². The third-order valence-electron chi connectivity index (χ3n) is 4.08. The summed E-state index contributed by atoms with van der Waals surface area (Å²) < 4.78 is 0. The first-order chi connectivity index (χ1) is 12.5. The van der Waals surface area contributed by atoms with Gasteiger partial charge < -0.3 is 16.0 Å². The van der Waals surface area contributed by atoms with Crippen LogP contribution in [0.25, 0.3) is 0 Å². The first-order valence-corrected chi connectivity index (χ1v) is 8.22. The zero-order valence-electron chi connectivity index (χ0n) is 14.0. The molecule has 1 heterocycles. The molecule has 0 unspecified atom stereocenters. The highest BCUT2D eigenvalue weighted by atomic mass is 16.6. The van der Waals surface area contributed by atoms with Crippen LogP contribution in [-0.2, 0) is 11.2 Å². The summed E-state index contributed by atoms with van der Waals surface area (Å²) in [5, 5.41) is 19.3. The number of carbonyl (C=O) groups excluding carboxylic acids is 2. The maximum Gasteiger partial charge on any atom is 0.269 e. The quantitative estimate of drug-likeness (QED) is 0.418. The third kappa shape index (κ3) is 4.15. The Morgan fingerprint density at radius 2 is 1.88 bits per heavy atom. The number of nitro groups is 1. The number of hydrogen-bond acceptors (Lipinski definition) is 5. The topological polar surface area (TPSA) is 113 Å². The van der Waals surface area contributed by atoms with Crippen molar-refractivity contribution in [2.75, 3.05) is 23.7 Å². The van der Waals surface area contributed by atoms with Crippen LogP contribution in [0.1, 0.15) is 22.3 Å². The Hall–Kier alpha value is -3.42. The van der Waals surface area contributed by atoms with Gasteiger partial charge in [0.15, 0.2) is 0 Å². The van der Waals surface area contributed by atoms with Crippen molar-refractivity contribution in [3.05, 3.63) is 63.7 Å². The van der Waals surface area contributed by atoms with Crippen LogP contribution in [0.15, 0.2) is 42.5 Å². The number of aryl methyl sites for hydroxylation is 1. The van der Waals surface area contributed by atoms with Crippen LogP contribution in [0, 0.1) is 10.1 Å². The Balaban J connectivity index is 1.48. The van der Waals surface area contributed by atoms with Crippen molar-refractivity contribution in [1.82, 2.24) is 5.32 Å². The fraction of sp³-hybridized carbons (Fsp3) is 0.222. The lowest BCUT2D eigenvalue weighted by Crippen LogP contribution is -2.29. The van der Waals surface area contributed by atoms with Crippen LogP contribution < -0.4 is 16.0 Å². The molecule has 2 amide bonds. The number of non-ortho nitro benzene ring substituents is 1. The summed E-state index contributed by atoms with van der Waals surface area (Å²) in [5.41, 5.74) is 3.05. The Morgan fingerprint density at radius 3 is 2.62 bits per heavy atom. The molecule has 0 atom stereocenters. The van der Waals surface area contributed by atoms with Gasteiger partial charge in [-0.1, -0.05) is 0 Å². The number of carbonyl (C=O) groups is 2. The maximum absolute atomic E-state index is 12.2. The van der Waals surface area contributed by atoms with Gasteiger partial charge in [-0.25, -0.2) is 0 Å². The Labute approximate surface area is 149 Å². The molecule has 3 N–H and O–H groups in total. The van der Waals surface area contributed by atoms with E-state index in [-0.39, 0.29) is 17.5 Å². The van der Waals surface area contributed by atoms with Crippen molar-refractivity contribution in [3.8, 4) is 0 Å². The molecule has 0 spiro atoms. The lowest BCUT2D eigenvalue weighted by molar-refractivity contribution is -0.384. The van der Waals surface area contributed by atoms with Crippen LogP contribution >= 0.6 is 0 Å². The van der Waals surface area contributed by atoms with Gasteiger partial charge >= 0.3 is 0 Å². The van der Waals surface area contributed by atoms with Gasteiger partial charge in [0.25, 0.3) is 11.6 Å². The molecule has 8 heteroatoms. The number of nitrogens with one attached hydrogen (secondary N) is 3. The first-order valence-electron chi connectivity index (χ1n) is 8.22. The summed E-state index contributed by atoms with van der Waals surface area (Å²) in [6.45, 7) is 0.897. The number of benzene rings is 2. The van der Waals surface area contributed by atoms with Crippen molar-refractivity contribution in [2.45, 2.75) is 12.8 Å². The van der Waals surface area contributed by atoms with E-state index >= 15 is 0 Å². The average Bonchev–Trinajstić information content (AvgIpc) is 2.65. The minimum absolute atomic E-state index is 0.00739. The smallest absolute Gasteiger partial charge is 0.269 e. The van der Waals surface area contributed by atoms with Crippen molar-refractivity contribution in [3.63, 3.8) is 0 Å². The van der Waals surface area contributed by atoms with Crippen LogP contribution in [0.3, 0.4) is 0 Å². The minimum Gasteiger partial charge on any atom is -0.383 e. The highest BCUT2D eigenvalue weighted by molar-refractivity contribution is 5.97. The van der Waals surface area contributed by atoms with Gasteiger partial charge in [0.2, 0.25) is 5.91 Å². The Morgan fingerprint density at radius 1 is 1.12 bits per heavy atom. The van der Waals surface area contributed by atoms with Gasteiger partial charge in [0.05, 0.1) is 4.92 Å². The molecular weight excluding hydrogens is 336 g/mol. The number of amides is 2. The van der Waals surface area contributed by atoms with Gasteiger partial charge in [-0.3, -0.25) is 19.7 Å². The van der Waals surface area contributed by atoms with Crippen molar-refractivity contribution < 1.29 is 14.5 Å². The Bertz CT molecular complexity index is 849. The molecule has 0 saturated carbocycles. The molecule has 0 aromatic heterocycles. The van der Waals surface area contributed by atoms with Gasteiger partial charge in [0, 0.05) is 48.6 Å². The maximum atomic E-state index is 12.2. The number of nitro benzene ring substituents is 1. The minimum atomic E-state index is -0.450. The number of nitrogens with zero attached hydrogens (tertiary/aromatic N) is 1. The molecule has 0 fully saturated rings. The summed E-state index contributed by atoms with van der Waals surface area (Å²) >= 11 is 0. The van der Waals surface area contributed by atoms with E-state index in [0.29, 0.717) is 31.5 Å². The highest BCUT2D eigenvalue weighted by Crippen LogP contribution is 2.23. The zero-order valence-corrected chi connectivity index (χ0v) is 14.0. The molecular formula is C18H18N4O4. The highest BCUT2D eigenvalue weighted by Gasteiger charge is 2.16. The van der Waals surface area contributed by atoms with Crippen LogP contribution in [0.2, 0.25) is 0 Å². The number of hydrogen-bond donors (Lipinski definition) is 3. The molecule has 3 rings (SSSR count). The second-order valence-electron chi connectivity index (χ2n) is 5.91. The summed E-state index contributed by atoms with van der Waals surface area (Å²) in [5.74, 6) is -0.192. The summed E-state index contributed by atoms with van der Waals surface area (Å²) in [6.07, 6.45) is 1.06. The molecule has 0 saturated heterocycles. The fourth-order valence-electron chi connectivity index (χ4n) is 2.71. The standard InChI is InChI=1S/C18H18N4O4/c23-17-8-2-12-11-13(1-7-16(12)21-17)18(24)20-10-9-19-14-3-5-15(6-4-14)22(25)26/h1,3-7,11,19H,2,8-10H2,(H,20,24)(H,21,23). The van der Waals surface area contributed by atoms with Crippen molar-refractivity contribution >= 4 is 28.9 Å². The second-order valence-corrected chi connectivity index (χ2v) is 5.91. The molecule has 1 aliphatic rings. The molecule has 2 aromatic carbocycles. The monoisotopic (exact) mass is 354 g/mol. The molecule has 2 aromatic rings. The molecule has 26 heavy (non-hydrogen) atoms. The predicted octanol–water partition coefficient (Wildman–Crippen LogP) is 2.32. The van der Waals surface area contributed by atoms with Gasteiger partial charge in [-0.15, -0.1) is 0 Å². The van der Waals surface area contributed by atoms with E-state index in [9.17, 15) is 19.7 Å². The normalized spacial score (nSPS) is 12.7. The van der Waals surface area contributed by atoms with Crippen molar-refractivity contribution in [1.29, 1.82) is 0 Å². The van der Waals surface area contributed by atoms with Gasteiger partial charge in [-0.2, -0.15) is 0 Å². The lowest BCUT2D eigenvalue weighted by atomic mass is 10.00. The molecule has 0 bridgehead atoms. The van der Waals surface area contributed by atoms with Crippen LogP contribution in [-0.4, -0.2) is 29.8 Å². The Kier molecular flexibility index (Phi) is 5.12. The van der Waals surface area contributed by atoms with E-state index in [1.807, 2.05) is 0 Å². The van der Waals surface area contributed by atoms with E-state index in [2.05, 4.69) is 16.0 Å². The third-order valence-corrected chi connectivity index (χ3v) is 4.08. The summed E-state index contributed by atoms with van der Waals surface area (Å²) in [7, 11) is 0. The van der Waals surface area contributed by atoms with E-state index < -0.39 is 4.92 Å². The SMILES string of the molecule is O=C1CCc2cc(C(=O)NCCNc3ccc([N+](=O)[O-])cc3)ccc2N1. The molecule has 134 valence electrons. The average molecular weight is 354 g/mol. The fourth-order valence-corrected chi connectivity index (χ4v) is 2.71. The van der Waals surface area contributed by atoms with Gasteiger partial charge in [0.1, 0.15) is 0 Å². The molecule has 1 aliphatic heterocycles. The number of fused-ring (bicyclic) bond motifs is 1. The summed E-state index contributed by atoms with van der Waals surface area (Å²) in [4.78, 5) is 33.7. The molecule has 0 aliphatic carbocycles. The zero-order chi connectivity index (χ0) is 18.5.